The smallest absolute Gasteiger partial charge is 0.480 e. The third-order valence-electron chi connectivity index (χ3n) is 4.34. The predicted octanol–water partition coefficient (Wildman–Crippen LogP) is 3.75. The first-order chi connectivity index (χ1) is 14.0. The number of anilines is 2. The van der Waals surface area contributed by atoms with Crippen LogP contribution in [-0.2, 0) is 4.79 Å². The Bertz CT molecular complexity index is 1080. The molecule has 3 rings (SSSR count). The molecule has 1 unspecified atom stereocenters. The van der Waals surface area contributed by atoms with Crippen LogP contribution in [0.4, 0.5) is 24.8 Å². The van der Waals surface area contributed by atoms with Crippen LogP contribution in [0.25, 0.3) is 11.0 Å². The number of carboxylic acids is 1. The standard InChI is InChI=1S/C19H17F3N4O4/c1-10(17(28)29)26(2)16(27)11-3-8-14-15(9-11)25-18(24-14)23-12-4-6-13(7-5-12)30-19(20,21)22/h3-10H,1-2H3,(H,28,29)(H2,23,24,25). The van der Waals surface area contributed by atoms with Crippen molar-refractivity contribution >= 4 is 34.5 Å². The average Bonchev–Trinajstić information content (AvgIpc) is 3.07. The number of hydrogen-bond donors (Lipinski definition) is 3. The summed E-state index contributed by atoms with van der Waals surface area (Å²) in [7, 11) is 1.40. The molecule has 0 saturated carbocycles. The lowest BCUT2D eigenvalue weighted by molar-refractivity contribution is -0.274. The largest absolute Gasteiger partial charge is 0.573 e. The summed E-state index contributed by atoms with van der Waals surface area (Å²) in [5, 5.41) is 12.0. The number of alkyl halides is 3. The maximum absolute atomic E-state index is 12.5. The third-order valence-corrected chi connectivity index (χ3v) is 4.34. The minimum absolute atomic E-state index is 0.280. The number of halogens is 3. The zero-order valence-electron chi connectivity index (χ0n) is 15.8. The van der Waals surface area contributed by atoms with Crippen LogP contribution in [0.3, 0.4) is 0 Å². The van der Waals surface area contributed by atoms with Crippen LogP contribution in [0.15, 0.2) is 42.5 Å². The van der Waals surface area contributed by atoms with Crippen molar-refractivity contribution in [3.05, 3.63) is 48.0 Å². The molecule has 0 aliphatic carbocycles. The summed E-state index contributed by atoms with van der Waals surface area (Å²) in [6.45, 7) is 1.40. The van der Waals surface area contributed by atoms with Crippen molar-refractivity contribution in [2.45, 2.75) is 19.3 Å². The zero-order chi connectivity index (χ0) is 22.1. The van der Waals surface area contributed by atoms with Crippen molar-refractivity contribution < 1.29 is 32.6 Å². The number of H-pyrrole nitrogens is 1. The lowest BCUT2D eigenvalue weighted by Gasteiger charge is -2.21. The molecule has 158 valence electrons. The van der Waals surface area contributed by atoms with Crippen LogP contribution in [0.5, 0.6) is 5.75 Å². The van der Waals surface area contributed by atoms with E-state index in [2.05, 4.69) is 20.0 Å². The lowest BCUT2D eigenvalue weighted by Crippen LogP contribution is -2.40. The highest BCUT2D eigenvalue weighted by Gasteiger charge is 2.31. The van der Waals surface area contributed by atoms with E-state index in [-0.39, 0.29) is 11.3 Å². The summed E-state index contributed by atoms with van der Waals surface area (Å²) in [5.41, 5.74) is 1.81. The van der Waals surface area contributed by atoms with E-state index in [4.69, 9.17) is 5.11 Å². The molecule has 11 heteroatoms. The second-order valence-electron chi connectivity index (χ2n) is 6.44. The van der Waals surface area contributed by atoms with E-state index in [1.54, 1.807) is 12.1 Å². The van der Waals surface area contributed by atoms with Crippen LogP contribution in [-0.4, -0.2) is 51.3 Å². The fourth-order valence-electron chi connectivity index (χ4n) is 2.62. The van der Waals surface area contributed by atoms with Crippen molar-refractivity contribution in [3.63, 3.8) is 0 Å². The van der Waals surface area contributed by atoms with Crippen molar-refractivity contribution in [1.82, 2.24) is 14.9 Å². The highest BCUT2D eigenvalue weighted by Crippen LogP contribution is 2.25. The van der Waals surface area contributed by atoms with Gasteiger partial charge in [0.1, 0.15) is 11.8 Å². The van der Waals surface area contributed by atoms with E-state index in [9.17, 15) is 22.8 Å². The van der Waals surface area contributed by atoms with Gasteiger partial charge in [0, 0.05) is 18.3 Å². The molecular formula is C19H17F3N4O4. The molecule has 0 bridgehead atoms. The van der Waals surface area contributed by atoms with E-state index in [0.717, 1.165) is 17.0 Å². The van der Waals surface area contributed by atoms with Crippen molar-refractivity contribution in [2.24, 2.45) is 0 Å². The number of carbonyl (C=O) groups is 2. The predicted molar refractivity (Wildman–Crippen MR) is 102 cm³/mol. The molecule has 1 aromatic heterocycles. The van der Waals surface area contributed by atoms with Gasteiger partial charge in [-0.15, -0.1) is 13.2 Å². The van der Waals surface area contributed by atoms with Crippen LogP contribution < -0.4 is 10.1 Å². The van der Waals surface area contributed by atoms with Gasteiger partial charge in [0.05, 0.1) is 11.0 Å². The summed E-state index contributed by atoms with van der Waals surface area (Å²) in [4.78, 5) is 31.9. The van der Waals surface area contributed by atoms with Gasteiger partial charge in [-0.2, -0.15) is 0 Å². The van der Waals surface area contributed by atoms with Gasteiger partial charge in [0.15, 0.2) is 0 Å². The Morgan fingerprint density at radius 1 is 1.20 bits per heavy atom. The molecule has 0 spiro atoms. The van der Waals surface area contributed by atoms with Gasteiger partial charge in [-0.25, -0.2) is 9.78 Å². The van der Waals surface area contributed by atoms with Gasteiger partial charge in [-0.3, -0.25) is 4.79 Å². The minimum atomic E-state index is -4.76. The molecule has 1 heterocycles. The number of aromatic nitrogens is 2. The van der Waals surface area contributed by atoms with Gasteiger partial charge in [0.25, 0.3) is 5.91 Å². The van der Waals surface area contributed by atoms with Crippen LogP contribution in [0, 0.1) is 0 Å². The molecule has 0 aliphatic heterocycles. The molecule has 3 aromatic rings. The Labute approximate surface area is 168 Å². The SMILES string of the molecule is CC(C(=O)O)N(C)C(=O)c1ccc2nc(Nc3ccc(OC(F)(F)F)cc3)[nH]c2c1. The second kappa shape index (κ2) is 7.93. The highest BCUT2D eigenvalue weighted by atomic mass is 19.4. The third kappa shape index (κ3) is 4.80. The number of fused-ring (bicyclic) bond motifs is 1. The fraction of sp³-hybridized carbons (Fsp3) is 0.211. The van der Waals surface area contributed by atoms with E-state index in [0.29, 0.717) is 22.7 Å². The van der Waals surface area contributed by atoms with Crippen LogP contribution in [0.2, 0.25) is 0 Å². The second-order valence-corrected chi connectivity index (χ2v) is 6.44. The molecule has 30 heavy (non-hydrogen) atoms. The topological polar surface area (TPSA) is 108 Å². The Balaban J connectivity index is 1.76. The molecule has 0 aliphatic rings. The van der Waals surface area contributed by atoms with Gasteiger partial charge in [0.2, 0.25) is 5.95 Å². The maximum Gasteiger partial charge on any atom is 0.573 e. The average molecular weight is 422 g/mol. The van der Waals surface area contributed by atoms with E-state index < -0.39 is 24.3 Å². The number of hydrogen-bond acceptors (Lipinski definition) is 5. The number of ether oxygens (including phenoxy) is 1. The first kappa shape index (κ1) is 21.0. The molecule has 0 fully saturated rings. The molecule has 0 radical (unpaired) electrons. The molecule has 1 atom stereocenters. The number of aliphatic carboxylic acids is 1. The quantitative estimate of drug-likeness (QED) is 0.559. The Kier molecular flexibility index (Phi) is 5.54. The van der Waals surface area contributed by atoms with E-state index in [1.165, 1.54) is 32.2 Å². The van der Waals surface area contributed by atoms with E-state index >= 15 is 0 Å². The number of benzene rings is 2. The van der Waals surface area contributed by atoms with Gasteiger partial charge in [-0.05, 0) is 49.4 Å². The minimum Gasteiger partial charge on any atom is -0.480 e. The molecule has 3 N–H and O–H groups in total. The van der Waals surface area contributed by atoms with Gasteiger partial charge < -0.3 is 25.0 Å². The molecule has 8 nitrogen and oxygen atoms in total. The monoisotopic (exact) mass is 422 g/mol. The molecule has 0 saturated heterocycles. The van der Waals surface area contributed by atoms with Crippen LogP contribution >= 0.6 is 0 Å². The number of amides is 1. The lowest BCUT2D eigenvalue weighted by atomic mass is 10.1. The number of carbonyl (C=O) groups excluding carboxylic acids is 1. The number of aromatic amines is 1. The van der Waals surface area contributed by atoms with Crippen molar-refractivity contribution in [3.8, 4) is 5.75 Å². The number of carboxylic acid groups (broad SMARTS) is 1. The van der Waals surface area contributed by atoms with Crippen molar-refractivity contribution in [2.75, 3.05) is 12.4 Å². The Hall–Kier alpha value is -3.76. The summed E-state index contributed by atoms with van der Waals surface area (Å²) < 4.78 is 40.5. The Morgan fingerprint density at radius 3 is 2.47 bits per heavy atom. The Morgan fingerprint density at radius 2 is 1.87 bits per heavy atom. The normalized spacial score (nSPS) is 12.4. The first-order valence-corrected chi connectivity index (χ1v) is 8.66. The fourth-order valence-corrected chi connectivity index (χ4v) is 2.62. The molecule has 2 aromatic carbocycles. The van der Waals surface area contributed by atoms with Crippen LogP contribution in [0.1, 0.15) is 17.3 Å². The molecule has 1 amide bonds. The zero-order valence-corrected chi connectivity index (χ0v) is 15.8. The summed E-state index contributed by atoms with van der Waals surface area (Å²) in [6, 6.07) is 8.80. The molecular weight excluding hydrogens is 405 g/mol. The highest BCUT2D eigenvalue weighted by molar-refractivity contribution is 5.99. The summed E-state index contributed by atoms with van der Waals surface area (Å²) in [6.07, 6.45) is -4.76. The summed E-state index contributed by atoms with van der Waals surface area (Å²) >= 11 is 0. The number of nitrogens with zero attached hydrogens (tertiary/aromatic N) is 2. The van der Waals surface area contributed by atoms with Gasteiger partial charge >= 0.3 is 12.3 Å². The summed E-state index contributed by atoms with van der Waals surface area (Å²) in [5.74, 6) is -1.62. The number of rotatable bonds is 6. The number of likely N-dealkylation sites (N-methyl/N-ethyl adjacent to an activating group) is 1. The number of imidazole rings is 1. The van der Waals surface area contributed by atoms with Crippen molar-refractivity contribution in [1.29, 1.82) is 0 Å². The first-order valence-electron chi connectivity index (χ1n) is 8.66. The number of nitrogens with one attached hydrogen (secondary N) is 2. The maximum atomic E-state index is 12.5. The van der Waals surface area contributed by atoms with Gasteiger partial charge in [-0.1, -0.05) is 0 Å². The van der Waals surface area contributed by atoms with E-state index in [1.807, 2.05) is 0 Å².